The molecule has 2 aromatic carbocycles. The quantitative estimate of drug-likeness (QED) is 0.0410. The highest BCUT2D eigenvalue weighted by molar-refractivity contribution is 7.57. The van der Waals surface area contributed by atoms with Crippen molar-refractivity contribution < 1.29 is 47.6 Å². The molecule has 0 aliphatic carbocycles. The lowest BCUT2D eigenvalue weighted by molar-refractivity contribution is -0.138. The molecule has 2 aliphatic heterocycles. The van der Waals surface area contributed by atoms with Crippen molar-refractivity contribution in [3.8, 4) is 18.1 Å². The van der Waals surface area contributed by atoms with Gasteiger partial charge >= 0.3 is 5.97 Å². The monoisotopic (exact) mass is 1030 g/mol. The number of ether oxygens (including phenoxy) is 2. The minimum Gasteiger partial charge on any atom is -0.481 e. The number of anilines is 2. The lowest BCUT2D eigenvalue weighted by Gasteiger charge is -2.28. The van der Waals surface area contributed by atoms with Crippen LogP contribution in [0.2, 0.25) is 0 Å². The number of hydrogen-bond acceptors (Lipinski definition) is 11. The van der Waals surface area contributed by atoms with Crippen LogP contribution >= 0.6 is 53.7 Å². The molecule has 4 N–H and O–H groups in total. The standard InChI is InChI=1S/C18H17FN4O2S.C14H20ClNO2.C8H11Cl2NO.C5H12NO4P/c1-4-5-22-13-7-12(11(19)6-14(13)25-9-16(22)24)20-17-23-10-18(2,3)8-15(23)21-26-17;1-4-12-8-6-7-11(3)14(12)16(10-18-5-2)13(17)9-15;1-3-5-11(6-4-2)8(12)7(9)10;1-11(9,10)3-2-4(6)5(7)8/h1,6-7H,5,8-10H2,2-3H3;6-8H,4-5,9-10H2,1-3H3;3-4,7H,1-2,5-6H2;4H,2-3,6H2,1H3,(H,7,8)(H,9,10). The molecule has 22 heteroatoms. The van der Waals surface area contributed by atoms with Crippen LogP contribution < -0.4 is 25.1 Å². The van der Waals surface area contributed by atoms with Crippen LogP contribution in [-0.4, -0.2) is 117 Å². The van der Waals surface area contributed by atoms with Crippen molar-refractivity contribution in [2.75, 3.05) is 68.1 Å². The number of nitrogens with two attached hydrogens (primary N) is 1. The van der Waals surface area contributed by atoms with Crippen molar-refractivity contribution in [1.29, 1.82) is 0 Å². The van der Waals surface area contributed by atoms with Gasteiger partial charge in [-0.05, 0) is 49.3 Å². The van der Waals surface area contributed by atoms with Crippen LogP contribution in [0.1, 0.15) is 51.1 Å². The molecule has 2 atom stereocenters. The van der Waals surface area contributed by atoms with E-state index in [0.29, 0.717) is 35.9 Å². The number of carboxylic acids is 1. The molecule has 1 aromatic heterocycles. The SMILES string of the molecule is C#CCN1C(=O)COc2cc(F)c(N=c3snc4n3CC(C)(C)C4)cc21.C=CCN(CC=C)C(=O)C(Cl)Cl.CCOCN(C(=O)CCl)c1c(C)cccc1CC.CP(=O)(O)CCC(N)C(=O)O. The fourth-order valence-corrected chi connectivity index (χ4v) is 8.29. The number of carboxylic acid groups (broad SMARTS) is 1. The minimum atomic E-state index is -3.10. The Morgan fingerprint density at radius 2 is 1.88 bits per heavy atom. The average Bonchev–Trinajstić information content (AvgIpc) is 3.78. The number of halogens is 4. The molecule has 368 valence electrons. The van der Waals surface area contributed by atoms with Crippen molar-refractivity contribution >= 4 is 94.5 Å². The number of aliphatic carboxylic acids is 1. The predicted molar refractivity (Wildman–Crippen MR) is 264 cm³/mol. The largest absolute Gasteiger partial charge is 0.481 e. The summed E-state index contributed by atoms with van der Waals surface area (Å²) in [6.07, 6.45) is 10.3. The third-order valence-corrected chi connectivity index (χ3v) is 12.1. The number of alkyl halides is 3. The zero-order valence-electron chi connectivity index (χ0n) is 38.6. The number of para-hydroxylation sites is 1. The molecule has 2 unspecified atom stereocenters. The minimum absolute atomic E-state index is 0.0371. The third-order valence-electron chi connectivity index (χ3n) is 9.62. The Hall–Kier alpha value is -4.57. The highest BCUT2D eigenvalue weighted by atomic mass is 35.5. The maximum absolute atomic E-state index is 14.5. The fraction of sp³-hybridized carbons (Fsp3) is 0.467. The summed E-state index contributed by atoms with van der Waals surface area (Å²) in [7, 11) is -3.10. The molecular weight excluding hydrogens is 971 g/mol. The van der Waals surface area contributed by atoms with Crippen molar-refractivity contribution in [1.82, 2.24) is 13.8 Å². The van der Waals surface area contributed by atoms with E-state index in [0.717, 1.165) is 42.0 Å². The second-order valence-corrected chi connectivity index (χ2v) is 20.5. The zero-order valence-corrected chi connectivity index (χ0v) is 42.5. The van der Waals surface area contributed by atoms with Crippen LogP contribution in [0.4, 0.5) is 21.5 Å². The molecule has 2 aliphatic rings. The van der Waals surface area contributed by atoms with Gasteiger partial charge in [-0.2, -0.15) is 4.37 Å². The second-order valence-electron chi connectivity index (χ2n) is 15.8. The molecule has 3 aromatic rings. The van der Waals surface area contributed by atoms with Crippen LogP contribution in [-0.2, 0) is 47.9 Å². The molecule has 16 nitrogen and oxygen atoms in total. The van der Waals surface area contributed by atoms with Crippen LogP contribution in [0.15, 0.2) is 60.6 Å². The average molecular weight is 1030 g/mol. The van der Waals surface area contributed by atoms with Crippen molar-refractivity contribution in [2.24, 2.45) is 16.1 Å². The van der Waals surface area contributed by atoms with Crippen LogP contribution in [0.5, 0.6) is 5.75 Å². The van der Waals surface area contributed by atoms with E-state index < -0.39 is 30.0 Å². The number of nitrogens with zero attached hydrogens (tertiary/aromatic N) is 6. The number of rotatable bonds is 17. The molecular formula is C45H60Cl3FN7O9PS. The van der Waals surface area contributed by atoms with Gasteiger partial charge in [0.05, 0.1) is 17.9 Å². The lowest BCUT2D eigenvalue weighted by Crippen LogP contribution is -2.39. The van der Waals surface area contributed by atoms with Gasteiger partial charge in [0.25, 0.3) is 11.8 Å². The van der Waals surface area contributed by atoms with Crippen molar-refractivity contribution in [3.05, 3.63) is 83.2 Å². The van der Waals surface area contributed by atoms with Gasteiger partial charge in [0, 0.05) is 63.1 Å². The van der Waals surface area contributed by atoms with E-state index in [1.54, 1.807) is 17.1 Å². The molecule has 0 fully saturated rings. The van der Waals surface area contributed by atoms with Gasteiger partial charge in [0.15, 0.2) is 24.6 Å². The number of benzene rings is 2. The predicted octanol–water partition coefficient (Wildman–Crippen LogP) is 7.06. The van der Waals surface area contributed by atoms with Crippen molar-refractivity contribution in [2.45, 2.75) is 71.3 Å². The molecule has 0 bridgehead atoms. The van der Waals surface area contributed by atoms with Crippen LogP contribution in [0, 0.1) is 30.5 Å². The Balaban J connectivity index is 0.000000329. The van der Waals surface area contributed by atoms with E-state index in [-0.39, 0.29) is 67.2 Å². The first-order valence-electron chi connectivity index (χ1n) is 20.9. The van der Waals surface area contributed by atoms with Gasteiger partial charge in [0.1, 0.15) is 35.9 Å². The maximum Gasteiger partial charge on any atom is 0.320 e. The number of carbonyl (C=O) groups is 4. The van der Waals surface area contributed by atoms with Gasteiger partial charge in [-0.1, -0.05) is 80.2 Å². The Morgan fingerprint density at radius 1 is 1.22 bits per heavy atom. The number of carbonyl (C=O) groups excluding carboxylic acids is 3. The smallest absolute Gasteiger partial charge is 0.320 e. The molecule has 67 heavy (non-hydrogen) atoms. The van der Waals surface area contributed by atoms with E-state index in [1.807, 2.05) is 36.6 Å². The molecule has 0 radical (unpaired) electrons. The van der Waals surface area contributed by atoms with E-state index in [9.17, 15) is 28.1 Å². The highest BCUT2D eigenvalue weighted by Gasteiger charge is 2.31. The van der Waals surface area contributed by atoms with Crippen molar-refractivity contribution in [3.63, 3.8) is 0 Å². The summed E-state index contributed by atoms with van der Waals surface area (Å²) in [6, 6.07) is 7.75. The van der Waals surface area contributed by atoms with Gasteiger partial charge in [-0.25, -0.2) is 9.38 Å². The first-order chi connectivity index (χ1) is 31.5. The van der Waals surface area contributed by atoms with E-state index >= 15 is 0 Å². The summed E-state index contributed by atoms with van der Waals surface area (Å²) in [5.74, 6) is 1.29. The summed E-state index contributed by atoms with van der Waals surface area (Å²) in [5.41, 5.74) is 8.89. The fourth-order valence-electron chi connectivity index (χ4n) is 6.36. The number of terminal acetylenes is 1. The number of hydrogen-bond donors (Lipinski definition) is 3. The van der Waals surface area contributed by atoms with E-state index in [4.69, 9.17) is 66.4 Å². The topological polar surface area (TPSA) is 210 Å². The van der Waals surface area contributed by atoms with Gasteiger partial charge in [-0.15, -0.1) is 31.2 Å². The first kappa shape index (κ1) is 58.6. The number of fused-ring (bicyclic) bond motifs is 2. The van der Waals surface area contributed by atoms with E-state index in [1.165, 1.54) is 40.1 Å². The molecule has 0 saturated heterocycles. The maximum atomic E-state index is 14.5. The Kier molecular flexibility index (Phi) is 24.5. The second kappa shape index (κ2) is 28.0. The summed E-state index contributed by atoms with van der Waals surface area (Å²) >= 11 is 17.7. The van der Waals surface area contributed by atoms with Gasteiger partial charge in [-0.3, -0.25) is 33.5 Å². The summed E-state index contributed by atoms with van der Waals surface area (Å²) in [4.78, 5) is 62.7. The van der Waals surface area contributed by atoms with E-state index in [2.05, 4.69) is 49.2 Å². The Labute approximate surface area is 410 Å². The Morgan fingerprint density at radius 3 is 2.42 bits per heavy atom. The highest BCUT2D eigenvalue weighted by Crippen LogP contribution is 2.38. The molecule has 0 spiro atoms. The lowest BCUT2D eigenvalue weighted by atomic mass is 9.92. The molecule has 0 saturated carbocycles. The summed E-state index contributed by atoms with van der Waals surface area (Å²) < 4.78 is 42.3. The normalized spacial score (nSPS) is 14.7. The zero-order chi connectivity index (χ0) is 50.6. The van der Waals surface area contributed by atoms with Crippen LogP contribution in [0.3, 0.4) is 0 Å². The molecule has 3 heterocycles. The summed E-state index contributed by atoms with van der Waals surface area (Å²) in [6.45, 7) is 20.9. The molecule has 5 rings (SSSR count). The first-order valence-corrected chi connectivity index (χ1v) is 25.4. The van der Waals surface area contributed by atoms with Gasteiger partial charge < -0.3 is 34.7 Å². The van der Waals surface area contributed by atoms with Gasteiger partial charge in [0.2, 0.25) is 10.7 Å². The third kappa shape index (κ3) is 18.5. The Bertz CT molecular complexity index is 2360. The van der Waals surface area contributed by atoms with Crippen LogP contribution in [0.25, 0.3) is 0 Å². The number of aryl methyl sites for hydroxylation is 2. The number of aromatic nitrogens is 2. The number of amides is 3. The summed E-state index contributed by atoms with van der Waals surface area (Å²) in [5, 5.41) is 8.28. The molecule has 3 amide bonds.